The first-order valence-electron chi connectivity index (χ1n) is 38.0. The summed E-state index contributed by atoms with van der Waals surface area (Å²) in [7, 11) is 0. The van der Waals surface area contributed by atoms with Gasteiger partial charge in [0, 0.05) is 28.2 Å². The highest BCUT2D eigenvalue weighted by atomic mass is 35.5. The molecule has 604 valence electrons. The van der Waals surface area contributed by atoms with Gasteiger partial charge >= 0.3 is 22.8 Å². The van der Waals surface area contributed by atoms with Crippen LogP contribution in [0.2, 0.25) is 5.02 Å². The summed E-state index contributed by atoms with van der Waals surface area (Å²) in [6, 6.07) is 95.4. The van der Waals surface area contributed by atoms with E-state index in [4.69, 9.17) is 30.5 Å². The fourth-order valence-corrected chi connectivity index (χ4v) is 14.2. The molecule has 30 heteroatoms. The van der Waals surface area contributed by atoms with Crippen molar-refractivity contribution in [2.24, 2.45) is 0 Å². The number of benzene rings is 12. The molecule has 8 heterocycles. The first kappa shape index (κ1) is 79.9. The van der Waals surface area contributed by atoms with Crippen LogP contribution in [0.4, 0.5) is 4.39 Å². The number of pyridine rings is 4. The number of halogens is 2. The highest BCUT2D eigenvalue weighted by Gasteiger charge is 2.25. The van der Waals surface area contributed by atoms with Crippen molar-refractivity contribution in [3.63, 3.8) is 0 Å². The molecule has 0 saturated carbocycles. The Bertz CT molecular complexity index is 8000. The van der Waals surface area contributed by atoms with Crippen LogP contribution in [0.15, 0.2) is 342 Å². The van der Waals surface area contributed by atoms with Gasteiger partial charge in [0.15, 0.2) is 23.3 Å². The molecule has 8 aliphatic heterocycles. The van der Waals surface area contributed by atoms with Crippen LogP contribution in [0.3, 0.4) is 0 Å². The van der Waals surface area contributed by atoms with Gasteiger partial charge in [0.2, 0.25) is 0 Å². The average molecular weight is 1680 g/mol. The minimum atomic E-state index is -0.761. The molecular weight excluding hydrogens is 1620 g/mol. The molecule has 0 atom stereocenters. The zero-order valence-corrected chi connectivity index (χ0v) is 65.6. The zero-order chi connectivity index (χ0) is 87.2. The molecule has 0 bridgehead atoms. The van der Waals surface area contributed by atoms with E-state index in [9.17, 15) is 63.8 Å². The maximum Gasteiger partial charge on any atom is 0.349 e. The lowest BCUT2D eigenvalue weighted by atomic mass is 10.1. The molecule has 0 fully saturated rings. The maximum absolute atomic E-state index is 13.1. The number of fused-ring (bicyclic) bond motifs is 8. The first-order valence-corrected chi connectivity index (χ1v) is 38.4. The summed E-state index contributed by atoms with van der Waals surface area (Å²) in [5.74, 6) is 5.24. The van der Waals surface area contributed by atoms with E-state index in [0.717, 1.165) is 16.2 Å². The smallest absolute Gasteiger partial charge is 0.349 e. The number of nitrogens with one attached hydrogen (secondary N) is 4. The number of aromatic nitrogens is 12. The lowest BCUT2D eigenvalue weighted by Crippen LogP contribution is -2.27. The quantitative estimate of drug-likeness (QED) is 0.0825. The molecule has 12 aromatic carbocycles. The SMILES string of the molecule is N#Cc1ccc2cc3c(=O)[nH]c(=O)nc-3n(-c3ccc(Oc4ccc(Cl)cc4)cc3)c2c1.N#Cc1ccc2cc3c(=O)[nH]c(=O)nc-3n(-c3ccc(Oc4ccc(F)cc4)cc3)c2c1.N#Cc1ccc2cc3c(=O)[nH]c(=O)nc-3n(-c3ccc(Oc4ccccc4)cc3)c2c1.N#Cc1ccc2cc3c(=O)[nH]c(=O)nc-3n(-c3cccc(Oc4ccccc4)c3)c2c1. The fourth-order valence-electron chi connectivity index (χ4n) is 14.0. The molecule has 0 saturated heterocycles. The molecule has 0 spiro atoms. The summed E-state index contributed by atoms with van der Waals surface area (Å²) in [4.78, 5) is 123. The Labute approximate surface area is 712 Å². The predicted octanol–water partition coefficient (Wildman–Crippen LogP) is 16.2. The molecule has 126 heavy (non-hydrogen) atoms. The van der Waals surface area contributed by atoms with E-state index in [2.05, 4.69) is 64.1 Å². The van der Waals surface area contributed by atoms with Crippen molar-refractivity contribution in [2.75, 3.05) is 0 Å². The van der Waals surface area contributed by atoms with Gasteiger partial charge in [-0.15, -0.1) is 0 Å². The van der Waals surface area contributed by atoms with Crippen LogP contribution in [0.25, 0.3) is 112 Å². The largest absolute Gasteiger partial charge is 0.457 e. The highest BCUT2D eigenvalue weighted by molar-refractivity contribution is 6.30. The van der Waals surface area contributed by atoms with E-state index in [1.807, 2.05) is 91.0 Å². The number of H-pyrrole nitrogens is 4. The minimum absolute atomic E-state index is 0.175. The number of nitrogens with zero attached hydrogens (tertiary/aromatic N) is 12. The predicted molar refractivity (Wildman–Crippen MR) is 468 cm³/mol. The van der Waals surface area contributed by atoms with Crippen LogP contribution in [-0.4, -0.2) is 58.1 Å². The van der Waals surface area contributed by atoms with Crippen molar-refractivity contribution in [1.29, 1.82) is 21.0 Å². The van der Waals surface area contributed by atoms with Crippen molar-refractivity contribution < 1.29 is 23.3 Å². The Morgan fingerprint density at radius 2 is 0.524 bits per heavy atom. The van der Waals surface area contributed by atoms with Gasteiger partial charge < -0.3 is 18.9 Å². The maximum atomic E-state index is 13.1. The van der Waals surface area contributed by atoms with Crippen LogP contribution < -0.4 is 63.9 Å². The first-order chi connectivity index (χ1) is 61.3. The van der Waals surface area contributed by atoms with E-state index >= 15 is 0 Å². The summed E-state index contributed by atoms with van der Waals surface area (Å²) in [5.41, 5.74) is 2.87. The third-order valence-corrected chi connectivity index (χ3v) is 20.0. The topological polar surface area (TPSA) is 403 Å². The van der Waals surface area contributed by atoms with E-state index < -0.39 is 45.0 Å². The molecule has 12 aromatic rings. The van der Waals surface area contributed by atoms with Gasteiger partial charge in [-0.05, 0) is 252 Å². The van der Waals surface area contributed by atoms with Crippen molar-refractivity contribution >= 4 is 55.2 Å². The van der Waals surface area contributed by atoms with Crippen LogP contribution in [0.5, 0.6) is 46.0 Å². The Hall–Kier alpha value is -18.6. The molecular formula is C96H54ClFN16O12. The van der Waals surface area contributed by atoms with Gasteiger partial charge in [0.05, 0.1) is 96.5 Å². The van der Waals surface area contributed by atoms with E-state index in [0.29, 0.717) is 123 Å². The standard InChI is InChI=1S/C24H13ClN4O3.C24H13FN4O3.2C24H14N4O3/c2*25-16-3-7-18(8-4-16)32-19-9-5-17(6-10-19)29-21-11-14(13-26)1-2-15(21)12-20-22(29)27-24(31)28-23(20)30;25-14-15-9-10-16-12-20-22(26-24(30)27-23(20)29)28(21(16)11-15)17-5-4-8-19(13-17)31-18-6-2-1-3-7-18;25-14-15-6-7-16-13-20-22(26-24(30)27-23(20)29)28(21(16)12-15)17-8-10-19(11-9-17)31-18-4-2-1-3-5-18/h2*1-12H,(H,28,30,31);2*1-13H,(H,27,29,30). The van der Waals surface area contributed by atoms with E-state index in [-0.39, 0.29) is 51.4 Å². The summed E-state index contributed by atoms with van der Waals surface area (Å²) < 4.78 is 43.2. The number of rotatable bonds is 12. The van der Waals surface area contributed by atoms with Gasteiger partial charge in [-0.2, -0.15) is 41.0 Å². The monoisotopic (exact) mass is 1680 g/mol. The Morgan fingerprint density at radius 1 is 0.270 bits per heavy atom. The fraction of sp³-hybridized carbons (Fsp3) is 0. The highest BCUT2D eigenvalue weighted by Crippen LogP contribution is 2.37. The minimum Gasteiger partial charge on any atom is -0.457 e. The summed E-state index contributed by atoms with van der Waals surface area (Å²) in [6.45, 7) is 0. The Morgan fingerprint density at radius 3 is 0.817 bits per heavy atom. The third kappa shape index (κ3) is 16.8. The normalized spacial score (nSPS) is 10.8. The second kappa shape index (κ2) is 34.4. The summed E-state index contributed by atoms with van der Waals surface area (Å²) >= 11 is 5.91. The van der Waals surface area contributed by atoms with Crippen LogP contribution in [0.1, 0.15) is 22.3 Å². The average Bonchev–Trinajstić information content (AvgIpc) is 0.761. The van der Waals surface area contributed by atoms with Crippen LogP contribution in [-0.2, 0) is 0 Å². The Kier molecular flexibility index (Phi) is 21.8. The molecule has 0 aromatic heterocycles. The number of para-hydroxylation sites is 2. The summed E-state index contributed by atoms with van der Waals surface area (Å²) in [5, 5.41) is 40.9. The van der Waals surface area contributed by atoms with Gasteiger partial charge in [-0.1, -0.05) is 78.3 Å². The number of nitriles is 4. The van der Waals surface area contributed by atoms with Crippen molar-refractivity contribution in [1.82, 2.24) is 58.1 Å². The summed E-state index contributed by atoms with van der Waals surface area (Å²) in [6.07, 6.45) is 0. The number of aromatic amines is 4. The molecule has 0 amide bonds. The second-order valence-electron chi connectivity index (χ2n) is 27.8. The lowest BCUT2D eigenvalue weighted by Gasteiger charge is -2.18. The molecule has 0 radical (unpaired) electrons. The molecule has 0 aliphatic carbocycles. The van der Waals surface area contributed by atoms with E-state index in [1.54, 1.807) is 206 Å². The number of hydrogen-bond donors (Lipinski definition) is 4. The van der Waals surface area contributed by atoms with Crippen LogP contribution >= 0.6 is 11.6 Å². The number of hydrogen-bond acceptors (Lipinski definition) is 20. The Balaban J connectivity index is 0.000000119. The van der Waals surface area contributed by atoms with Gasteiger partial charge in [-0.3, -0.25) is 57.4 Å². The number of ether oxygens (including phenoxy) is 4. The molecule has 8 aliphatic rings. The lowest BCUT2D eigenvalue weighted by molar-refractivity contribution is 0.480. The second-order valence-corrected chi connectivity index (χ2v) is 28.3. The van der Waals surface area contributed by atoms with Crippen LogP contribution in [0, 0.1) is 51.1 Å². The zero-order valence-electron chi connectivity index (χ0n) is 64.9. The van der Waals surface area contributed by atoms with Gasteiger partial charge in [-0.25, -0.2) is 23.6 Å². The molecule has 28 nitrogen and oxygen atoms in total. The van der Waals surface area contributed by atoms with Crippen molar-refractivity contribution in [3.8, 4) is 139 Å². The molecule has 20 rings (SSSR count). The van der Waals surface area contributed by atoms with Gasteiger partial charge in [0.25, 0.3) is 22.2 Å². The molecule has 0 unspecified atom stereocenters. The van der Waals surface area contributed by atoms with E-state index in [1.165, 1.54) is 24.3 Å². The van der Waals surface area contributed by atoms with Crippen molar-refractivity contribution in [2.45, 2.75) is 0 Å². The third-order valence-electron chi connectivity index (χ3n) is 19.7. The van der Waals surface area contributed by atoms with Gasteiger partial charge in [0.1, 0.15) is 51.8 Å². The van der Waals surface area contributed by atoms with Crippen molar-refractivity contribution in [3.05, 3.63) is 420 Å². The molecule has 4 N–H and O–H groups in total.